The highest BCUT2D eigenvalue weighted by Gasteiger charge is 2.33. The lowest BCUT2D eigenvalue weighted by Gasteiger charge is -2.27. The van der Waals surface area contributed by atoms with Crippen LogP contribution >= 0.6 is 0 Å². The second-order valence-electron chi connectivity index (χ2n) is 13.7. The zero-order valence-electron chi connectivity index (χ0n) is 31.0. The number of aromatic hydroxyl groups is 1. The molecule has 0 aliphatic carbocycles. The molecular weight excluding hydrogens is 720 g/mol. The van der Waals surface area contributed by atoms with Crippen molar-refractivity contribution >= 4 is 41.4 Å². The van der Waals surface area contributed by atoms with Crippen LogP contribution in [-0.4, -0.2) is 89.8 Å². The largest absolute Gasteiger partial charge is 0.508 e. The van der Waals surface area contributed by atoms with Crippen molar-refractivity contribution in [1.82, 2.24) is 31.9 Å². The van der Waals surface area contributed by atoms with Gasteiger partial charge in [0.25, 0.3) is 0 Å². The third-order valence-corrected chi connectivity index (χ3v) is 9.16. The molecule has 1 aliphatic heterocycles. The SMILES string of the molecule is NC(=O)CNC(=O)C1CCCCNC(=O)CCC(NC(=O)C(N)Cc2ccc(O)cc2)C(=O)NC(Cc2ccccc2)C(=O)NC(Cc2ccccc2)C(=O)N1. The number of phenols is 1. The standard InChI is InChI=1S/C40H50N8O8/c41-29(21-27-14-16-28(49)17-15-27)36(52)45-31-18-19-35(51)43-20-8-7-13-30(37(53)44-24-34(42)50)46-39(55)32(22-25-9-3-1-4-10-25)48-40(56)33(47-38(31)54)23-26-11-5-2-6-12-26/h1-6,9-12,14-17,29-33,49H,7-8,13,18-24,41H2,(H2,42,50)(H,43,51)(H,44,53)(H,45,52)(H,46,55)(H,47,54)(H,48,56). The van der Waals surface area contributed by atoms with Gasteiger partial charge in [-0.2, -0.15) is 0 Å². The fourth-order valence-electron chi connectivity index (χ4n) is 6.09. The first kappa shape index (κ1) is 42.5. The molecule has 7 amide bonds. The van der Waals surface area contributed by atoms with Crippen LogP contribution in [-0.2, 0) is 52.8 Å². The highest BCUT2D eigenvalue weighted by atomic mass is 16.3. The Morgan fingerprint density at radius 1 is 0.732 bits per heavy atom. The number of rotatable bonds is 11. The first-order valence-electron chi connectivity index (χ1n) is 18.5. The van der Waals surface area contributed by atoms with Gasteiger partial charge in [-0.1, -0.05) is 72.8 Å². The smallest absolute Gasteiger partial charge is 0.243 e. The maximum Gasteiger partial charge on any atom is 0.243 e. The molecule has 1 aliphatic rings. The first-order valence-corrected chi connectivity index (χ1v) is 18.5. The van der Waals surface area contributed by atoms with Crippen molar-refractivity contribution in [2.75, 3.05) is 13.1 Å². The minimum atomic E-state index is -1.27. The summed E-state index contributed by atoms with van der Waals surface area (Å²) in [7, 11) is 0. The summed E-state index contributed by atoms with van der Waals surface area (Å²) in [6.07, 6.45) is 0.775. The number of hydrogen-bond donors (Lipinski definition) is 9. The Hall–Kier alpha value is -6.29. The van der Waals surface area contributed by atoms with Gasteiger partial charge in [0, 0.05) is 25.8 Å². The van der Waals surface area contributed by atoms with Gasteiger partial charge < -0.3 is 48.5 Å². The van der Waals surface area contributed by atoms with E-state index in [1.807, 2.05) is 0 Å². The fourth-order valence-corrected chi connectivity index (χ4v) is 6.09. The number of carbonyl (C=O) groups excluding carboxylic acids is 7. The molecule has 298 valence electrons. The summed E-state index contributed by atoms with van der Waals surface area (Å²) in [5.74, 6) is -4.60. The van der Waals surface area contributed by atoms with Crippen LogP contribution in [0, 0.1) is 0 Å². The van der Waals surface area contributed by atoms with Crippen molar-refractivity contribution in [1.29, 1.82) is 0 Å². The van der Waals surface area contributed by atoms with E-state index in [0.29, 0.717) is 29.5 Å². The van der Waals surface area contributed by atoms with Crippen LogP contribution in [0.4, 0.5) is 0 Å². The topological polar surface area (TPSA) is 264 Å². The second-order valence-corrected chi connectivity index (χ2v) is 13.7. The summed E-state index contributed by atoms with van der Waals surface area (Å²) in [6.45, 7) is -0.229. The molecular formula is C40H50N8O8. The zero-order valence-corrected chi connectivity index (χ0v) is 31.0. The van der Waals surface area contributed by atoms with Crippen LogP contribution < -0.4 is 43.4 Å². The number of primary amides is 1. The molecule has 0 aromatic heterocycles. The van der Waals surface area contributed by atoms with E-state index in [9.17, 15) is 38.7 Å². The third-order valence-electron chi connectivity index (χ3n) is 9.16. The molecule has 3 aromatic carbocycles. The number of phenolic OH excluding ortho intramolecular Hbond substituents is 1. The normalized spacial score (nSPS) is 20.7. The quantitative estimate of drug-likeness (QED) is 0.120. The number of amides is 7. The number of benzene rings is 3. The Balaban J connectivity index is 1.64. The lowest BCUT2D eigenvalue weighted by molar-refractivity contribution is -0.135. The maximum atomic E-state index is 14.2. The molecule has 56 heavy (non-hydrogen) atoms. The molecule has 16 heteroatoms. The van der Waals surface area contributed by atoms with Crippen LogP contribution in [0.3, 0.4) is 0 Å². The molecule has 1 saturated heterocycles. The van der Waals surface area contributed by atoms with E-state index in [-0.39, 0.29) is 50.8 Å². The molecule has 3 aromatic rings. The summed E-state index contributed by atoms with van der Waals surface area (Å²) in [6, 6.07) is 18.0. The van der Waals surface area contributed by atoms with Crippen molar-refractivity contribution in [2.45, 2.75) is 81.6 Å². The van der Waals surface area contributed by atoms with Crippen molar-refractivity contribution < 1.29 is 38.7 Å². The Morgan fingerprint density at radius 2 is 1.30 bits per heavy atom. The number of nitrogens with one attached hydrogen (secondary N) is 6. The van der Waals surface area contributed by atoms with Gasteiger partial charge in [0.05, 0.1) is 12.6 Å². The second kappa shape index (κ2) is 21.6. The fraction of sp³-hybridized carbons (Fsp3) is 0.375. The van der Waals surface area contributed by atoms with Gasteiger partial charge in [-0.15, -0.1) is 0 Å². The molecule has 11 N–H and O–H groups in total. The van der Waals surface area contributed by atoms with E-state index in [4.69, 9.17) is 11.5 Å². The van der Waals surface area contributed by atoms with E-state index in [1.165, 1.54) is 12.1 Å². The monoisotopic (exact) mass is 770 g/mol. The Bertz CT molecular complexity index is 1810. The van der Waals surface area contributed by atoms with Gasteiger partial charge in [-0.05, 0) is 60.9 Å². The van der Waals surface area contributed by atoms with Crippen LogP contribution in [0.15, 0.2) is 84.9 Å². The predicted molar refractivity (Wildman–Crippen MR) is 206 cm³/mol. The van der Waals surface area contributed by atoms with Crippen LogP contribution in [0.2, 0.25) is 0 Å². The molecule has 1 heterocycles. The van der Waals surface area contributed by atoms with E-state index in [2.05, 4.69) is 31.9 Å². The lowest BCUT2D eigenvalue weighted by atomic mass is 10.0. The minimum absolute atomic E-state index is 0.00223. The van der Waals surface area contributed by atoms with Crippen molar-refractivity contribution in [3.8, 4) is 5.75 Å². The predicted octanol–water partition coefficient (Wildman–Crippen LogP) is -0.632. The van der Waals surface area contributed by atoms with E-state index in [0.717, 1.165) is 0 Å². The molecule has 16 nitrogen and oxygen atoms in total. The van der Waals surface area contributed by atoms with Gasteiger partial charge >= 0.3 is 0 Å². The molecule has 0 saturated carbocycles. The van der Waals surface area contributed by atoms with Gasteiger partial charge in [0.15, 0.2) is 0 Å². The van der Waals surface area contributed by atoms with Crippen molar-refractivity contribution in [3.05, 3.63) is 102 Å². The minimum Gasteiger partial charge on any atom is -0.508 e. The van der Waals surface area contributed by atoms with Gasteiger partial charge in [-0.25, -0.2) is 0 Å². The molecule has 0 spiro atoms. The summed E-state index contributed by atoms with van der Waals surface area (Å²) in [4.78, 5) is 92.9. The van der Waals surface area contributed by atoms with Crippen LogP contribution in [0.5, 0.6) is 5.75 Å². The highest BCUT2D eigenvalue weighted by molar-refractivity contribution is 5.96. The van der Waals surface area contributed by atoms with Crippen molar-refractivity contribution in [2.24, 2.45) is 11.5 Å². The number of hydrogen-bond acceptors (Lipinski definition) is 9. The Kier molecular flexibility index (Phi) is 16.3. The van der Waals surface area contributed by atoms with Gasteiger partial charge in [0.1, 0.15) is 29.9 Å². The molecule has 4 rings (SSSR count). The lowest BCUT2D eigenvalue weighted by Crippen LogP contribution is -2.60. The summed E-state index contributed by atoms with van der Waals surface area (Å²) in [5, 5.41) is 25.7. The average Bonchev–Trinajstić information content (AvgIpc) is 3.18. The number of nitrogens with two attached hydrogens (primary N) is 2. The van der Waals surface area contributed by atoms with Gasteiger partial charge in [-0.3, -0.25) is 33.6 Å². The summed E-state index contributed by atoms with van der Waals surface area (Å²) >= 11 is 0. The maximum absolute atomic E-state index is 14.2. The average molecular weight is 771 g/mol. The molecule has 5 unspecified atom stereocenters. The molecule has 0 bridgehead atoms. The van der Waals surface area contributed by atoms with E-state index in [1.54, 1.807) is 72.8 Å². The van der Waals surface area contributed by atoms with Gasteiger partial charge in [0.2, 0.25) is 41.4 Å². The highest BCUT2D eigenvalue weighted by Crippen LogP contribution is 2.13. The Labute approximate surface area is 324 Å². The Morgan fingerprint density at radius 3 is 1.89 bits per heavy atom. The summed E-state index contributed by atoms with van der Waals surface area (Å²) < 4.78 is 0. The third kappa shape index (κ3) is 14.2. The zero-order chi connectivity index (χ0) is 40.5. The van der Waals surface area contributed by atoms with Crippen LogP contribution in [0.1, 0.15) is 48.8 Å². The first-order chi connectivity index (χ1) is 26.9. The molecule has 5 atom stereocenters. The van der Waals surface area contributed by atoms with E-state index >= 15 is 0 Å². The number of carbonyl (C=O) groups is 7. The molecule has 0 radical (unpaired) electrons. The van der Waals surface area contributed by atoms with Crippen LogP contribution in [0.25, 0.3) is 0 Å². The molecule has 1 fully saturated rings. The van der Waals surface area contributed by atoms with E-state index < -0.39 is 78.1 Å². The summed E-state index contributed by atoms with van der Waals surface area (Å²) in [5.41, 5.74) is 13.5. The van der Waals surface area contributed by atoms with Crippen molar-refractivity contribution in [3.63, 3.8) is 0 Å².